The van der Waals surface area contributed by atoms with E-state index in [0.29, 0.717) is 11.7 Å². The number of nitrogens with two attached hydrogens (primary N) is 1. The van der Waals surface area contributed by atoms with Crippen LogP contribution in [-0.2, 0) is 0 Å². The van der Waals surface area contributed by atoms with Gasteiger partial charge in [-0.3, -0.25) is 0 Å². The quantitative estimate of drug-likeness (QED) is 0.678. The third-order valence-electron chi connectivity index (χ3n) is 3.37. The second-order valence-electron chi connectivity index (χ2n) is 4.40. The molecule has 0 aliphatic carbocycles. The molecule has 0 aromatic carbocycles. The van der Waals surface area contributed by atoms with Gasteiger partial charge >= 0.3 is 0 Å². The minimum Gasteiger partial charge on any atom is -0.384 e. The third kappa shape index (κ3) is 1.55. The molecular formula is C12H16N4. The number of nitrogens with one attached hydrogen (secondary N) is 2. The van der Waals surface area contributed by atoms with Crippen molar-refractivity contribution >= 4 is 16.9 Å². The number of piperidine rings is 1. The smallest absolute Gasteiger partial charge is 0.139 e. The Kier molecular flexibility index (Phi) is 2.29. The second kappa shape index (κ2) is 3.79. The fourth-order valence-electron chi connectivity index (χ4n) is 2.51. The monoisotopic (exact) mass is 216 g/mol. The summed E-state index contributed by atoms with van der Waals surface area (Å²) in [7, 11) is 0. The Balaban J connectivity index is 2.03. The van der Waals surface area contributed by atoms with Crippen LogP contribution >= 0.6 is 0 Å². The van der Waals surface area contributed by atoms with E-state index in [-0.39, 0.29) is 0 Å². The van der Waals surface area contributed by atoms with Crippen molar-refractivity contribution in [3.63, 3.8) is 0 Å². The molecule has 0 atom stereocenters. The number of rotatable bonds is 1. The Morgan fingerprint density at radius 3 is 2.88 bits per heavy atom. The molecule has 4 heteroatoms. The lowest BCUT2D eigenvalue weighted by Crippen LogP contribution is -2.26. The highest BCUT2D eigenvalue weighted by atomic mass is 14.9. The molecule has 4 nitrogen and oxygen atoms in total. The van der Waals surface area contributed by atoms with E-state index in [4.69, 9.17) is 5.73 Å². The Hall–Kier alpha value is -1.55. The van der Waals surface area contributed by atoms with E-state index in [0.717, 1.165) is 18.7 Å². The summed E-state index contributed by atoms with van der Waals surface area (Å²) in [6.07, 6.45) is 4.50. The molecule has 2 aromatic heterocycles. The SMILES string of the molecule is Nc1ccc2c(C3CCNCC3)c[nH]c2n1. The Bertz CT molecular complexity index is 497. The molecule has 4 N–H and O–H groups in total. The maximum atomic E-state index is 5.67. The zero-order chi connectivity index (χ0) is 11.0. The number of aromatic amines is 1. The first kappa shape index (κ1) is 9.66. The molecule has 1 aliphatic heterocycles. The second-order valence-corrected chi connectivity index (χ2v) is 4.40. The summed E-state index contributed by atoms with van der Waals surface area (Å²) < 4.78 is 0. The summed E-state index contributed by atoms with van der Waals surface area (Å²) in [5, 5.41) is 4.61. The van der Waals surface area contributed by atoms with Gasteiger partial charge in [-0.2, -0.15) is 0 Å². The molecule has 0 unspecified atom stereocenters. The van der Waals surface area contributed by atoms with Gasteiger partial charge in [0.15, 0.2) is 0 Å². The van der Waals surface area contributed by atoms with Gasteiger partial charge in [0.1, 0.15) is 11.5 Å². The normalized spacial score (nSPS) is 18.0. The average molecular weight is 216 g/mol. The summed E-state index contributed by atoms with van der Waals surface area (Å²) >= 11 is 0. The van der Waals surface area contributed by atoms with Gasteiger partial charge in [-0.25, -0.2) is 4.98 Å². The van der Waals surface area contributed by atoms with E-state index >= 15 is 0 Å². The maximum absolute atomic E-state index is 5.67. The van der Waals surface area contributed by atoms with Crippen molar-refractivity contribution in [1.29, 1.82) is 0 Å². The highest BCUT2D eigenvalue weighted by Crippen LogP contribution is 2.30. The number of hydrogen-bond acceptors (Lipinski definition) is 3. The van der Waals surface area contributed by atoms with Crippen molar-refractivity contribution in [3.8, 4) is 0 Å². The zero-order valence-corrected chi connectivity index (χ0v) is 9.16. The minimum absolute atomic E-state index is 0.575. The number of hydrogen-bond donors (Lipinski definition) is 3. The number of pyridine rings is 1. The predicted octanol–water partition coefficient (Wildman–Crippen LogP) is 1.61. The van der Waals surface area contributed by atoms with Crippen LogP contribution in [0.2, 0.25) is 0 Å². The van der Waals surface area contributed by atoms with Crippen LogP contribution in [0.1, 0.15) is 24.3 Å². The standard InChI is InChI=1S/C12H16N4/c13-11-2-1-9-10(7-15-12(9)16-11)8-3-5-14-6-4-8/h1-2,7-8,14H,3-6H2,(H3,13,15,16). The number of nitrogens with zero attached hydrogens (tertiary/aromatic N) is 1. The van der Waals surface area contributed by atoms with Crippen LogP contribution in [0.3, 0.4) is 0 Å². The topological polar surface area (TPSA) is 66.7 Å². The van der Waals surface area contributed by atoms with Gasteiger partial charge in [0.25, 0.3) is 0 Å². The molecule has 0 amide bonds. The molecule has 84 valence electrons. The predicted molar refractivity (Wildman–Crippen MR) is 65.4 cm³/mol. The molecule has 0 saturated carbocycles. The number of anilines is 1. The molecule has 1 fully saturated rings. The summed E-state index contributed by atoms with van der Waals surface area (Å²) in [6.45, 7) is 2.22. The van der Waals surface area contributed by atoms with Crippen molar-refractivity contribution in [2.75, 3.05) is 18.8 Å². The summed E-state index contributed by atoms with van der Waals surface area (Å²) in [4.78, 5) is 7.51. The van der Waals surface area contributed by atoms with E-state index in [1.165, 1.54) is 23.8 Å². The molecule has 1 aliphatic rings. The maximum Gasteiger partial charge on any atom is 0.139 e. The van der Waals surface area contributed by atoms with Crippen LogP contribution in [0.25, 0.3) is 11.0 Å². The summed E-state index contributed by atoms with van der Waals surface area (Å²) in [5.74, 6) is 1.23. The first-order valence-corrected chi connectivity index (χ1v) is 5.79. The first-order chi connectivity index (χ1) is 7.84. The lowest BCUT2D eigenvalue weighted by molar-refractivity contribution is 0.462. The van der Waals surface area contributed by atoms with E-state index < -0.39 is 0 Å². The van der Waals surface area contributed by atoms with Gasteiger partial charge in [-0.15, -0.1) is 0 Å². The van der Waals surface area contributed by atoms with Crippen molar-refractivity contribution in [3.05, 3.63) is 23.9 Å². The summed E-state index contributed by atoms with van der Waals surface area (Å²) in [5.41, 5.74) is 7.97. The molecule has 3 heterocycles. The molecule has 0 radical (unpaired) electrons. The molecular weight excluding hydrogens is 200 g/mol. The van der Waals surface area contributed by atoms with Crippen LogP contribution in [0, 0.1) is 0 Å². The van der Waals surface area contributed by atoms with E-state index in [9.17, 15) is 0 Å². The van der Waals surface area contributed by atoms with Crippen LogP contribution in [-0.4, -0.2) is 23.1 Å². The van der Waals surface area contributed by atoms with Crippen molar-refractivity contribution in [2.45, 2.75) is 18.8 Å². The lowest BCUT2D eigenvalue weighted by atomic mass is 9.90. The van der Waals surface area contributed by atoms with Gasteiger partial charge in [0.2, 0.25) is 0 Å². The molecule has 0 spiro atoms. The number of fused-ring (bicyclic) bond motifs is 1. The van der Waals surface area contributed by atoms with Crippen molar-refractivity contribution in [2.24, 2.45) is 0 Å². The average Bonchev–Trinajstić information content (AvgIpc) is 2.73. The van der Waals surface area contributed by atoms with Crippen LogP contribution in [0.15, 0.2) is 18.3 Å². The molecule has 1 saturated heterocycles. The molecule has 0 bridgehead atoms. The number of aromatic nitrogens is 2. The van der Waals surface area contributed by atoms with E-state index in [2.05, 4.69) is 27.5 Å². The van der Waals surface area contributed by atoms with Gasteiger partial charge in [-0.1, -0.05) is 0 Å². The third-order valence-corrected chi connectivity index (χ3v) is 3.37. The Labute approximate surface area is 94.3 Å². The first-order valence-electron chi connectivity index (χ1n) is 5.79. The van der Waals surface area contributed by atoms with Crippen molar-refractivity contribution < 1.29 is 0 Å². The van der Waals surface area contributed by atoms with Crippen LogP contribution in [0.5, 0.6) is 0 Å². The van der Waals surface area contributed by atoms with Crippen LogP contribution in [0.4, 0.5) is 5.82 Å². The number of H-pyrrole nitrogens is 1. The van der Waals surface area contributed by atoms with Crippen molar-refractivity contribution in [1.82, 2.24) is 15.3 Å². The number of nitrogen functional groups attached to an aromatic ring is 1. The largest absolute Gasteiger partial charge is 0.384 e. The fraction of sp³-hybridized carbons (Fsp3) is 0.417. The van der Waals surface area contributed by atoms with E-state index in [1.54, 1.807) is 0 Å². The Morgan fingerprint density at radius 2 is 2.06 bits per heavy atom. The fourth-order valence-corrected chi connectivity index (χ4v) is 2.51. The Morgan fingerprint density at radius 1 is 1.25 bits per heavy atom. The molecule has 2 aromatic rings. The van der Waals surface area contributed by atoms with Gasteiger partial charge in [0.05, 0.1) is 0 Å². The highest BCUT2D eigenvalue weighted by molar-refractivity contribution is 5.81. The zero-order valence-electron chi connectivity index (χ0n) is 9.16. The van der Waals surface area contributed by atoms with Gasteiger partial charge in [0, 0.05) is 11.6 Å². The van der Waals surface area contributed by atoms with Crippen LogP contribution < -0.4 is 11.1 Å². The van der Waals surface area contributed by atoms with Gasteiger partial charge in [-0.05, 0) is 49.5 Å². The summed E-state index contributed by atoms with van der Waals surface area (Å²) in [6, 6.07) is 3.95. The van der Waals surface area contributed by atoms with Gasteiger partial charge < -0.3 is 16.0 Å². The molecule has 16 heavy (non-hydrogen) atoms. The lowest BCUT2D eigenvalue weighted by Gasteiger charge is -2.22. The highest BCUT2D eigenvalue weighted by Gasteiger charge is 2.18. The van der Waals surface area contributed by atoms with E-state index in [1.807, 2.05) is 6.07 Å². The minimum atomic E-state index is 0.575. The molecule has 3 rings (SSSR count).